The highest BCUT2D eigenvalue weighted by molar-refractivity contribution is 7.92. The number of anilines is 1. The molecule has 1 rings (SSSR count). The van der Waals surface area contributed by atoms with E-state index in [0.29, 0.717) is 0 Å². The first-order valence-electron chi connectivity index (χ1n) is 4.77. The van der Waals surface area contributed by atoms with Gasteiger partial charge in [0.2, 0.25) is 10.0 Å². The summed E-state index contributed by atoms with van der Waals surface area (Å²) in [5.74, 6) is -1.20. The fraction of sp³-hybridized carbons (Fsp3) is 0.500. The minimum atomic E-state index is -4.88. The molecule has 0 radical (unpaired) electrons. The number of nitrogens with zero attached hydrogens (tertiary/aromatic N) is 1. The molecule has 0 aliphatic heterocycles. The number of alkyl halides is 3. The van der Waals surface area contributed by atoms with Crippen molar-refractivity contribution in [3.8, 4) is 0 Å². The molecule has 0 amide bonds. The lowest BCUT2D eigenvalue weighted by Crippen LogP contribution is -2.14. The lowest BCUT2D eigenvalue weighted by atomic mass is 10.3. The Morgan fingerprint density at radius 2 is 2.05 bits per heavy atom. The molecule has 11 heteroatoms. The van der Waals surface area contributed by atoms with Gasteiger partial charge in [-0.2, -0.15) is 13.2 Å². The summed E-state index contributed by atoms with van der Waals surface area (Å²) in [6.45, 7) is 1.32. The maximum Gasteiger partial charge on any atom is 0.435 e. The second kappa shape index (κ2) is 5.33. The largest absolute Gasteiger partial charge is 0.462 e. The Hall–Kier alpha value is -1.36. The van der Waals surface area contributed by atoms with E-state index in [4.69, 9.17) is 0 Å². The Kier molecular flexibility index (Phi) is 4.40. The van der Waals surface area contributed by atoms with Gasteiger partial charge >= 0.3 is 12.1 Å². The van der Waals surface area contributed by atoms with Crippen LogP contribution < -0.4 is 4.72 Å². The molecule has 0 atom stereocenters. The molecule has 19 heavy (non-hydrogen) atoms. The first-order valence-corrected chi connectivity index (χ1v) is 7.48. The van der Waals surface area contributed by atoms with Gasteiger partial charge in [-0.3, -0.25) is 4.72 Å². The van der Waals surface area contributed by atoms with Gasteiger partial charge in [-0.15, -0.1) is 0 Å². The van der Waals surface area contributed by atoms with Crippen LogP contribution in [0.25, 0.3) is 0 Å². The van der Waals surface area contributed by atoms with Crippen LogP contribution in [0.3, 0.4) is 0 Å². The van der Waals surface area contributed by atoms with Crippen molar-refractivity contribution in [3.05, 3.63) is 10.6 Å². The summed E-state index contributed by atoms with van der Waals surface area (Å²) in [6.07, 6.45) is -4.12. The normalized spacial score (nSPS) is 12.3. The molecule has 6 nitrogen and oxygen atoms in total. The standard InChI is InChI=1S/C8H9F3N2O4S2/c1-3-17-6(14)4-5(8(9,10)11)12-7(18-4)13-19(2,15)16/h3H2,1-2H3,(H,12,13). The van der Waals surface area contributed by atoms with Crippen LogP contribution in [-0.2, 0) is 20.9 Å². The average molecular weight is 318 g/mol. The van der Waals surface area contributed by atoms with Crippen LogP contribution >= 0.6 is 11.3 Å². The lowest BCUT2D eigenvalue weighted by Gasteiger charge is -2.04. The number of esters is 1. The molecule has 0 unspecified atom stereocenters. The fourth-order valence-corrected chi connectivity index (χ4v) is 2.76. The zero-order chi connectivity index (χ0) is 14.8. The molecular formula is C8H9F3N2O4S2. The summed E-state index contributed by atoms with van der Waals surface area (Å²) < 4.78 is 66.1. The zero-order valence-electron chi connectivity index (χ0n) is 9.74. The molecule has 0 aromatic carbocycles. The van der Waals surface area contributed by atoms with E-state index < -0.39 is 37.9 Å². The maximum atomic E-state index is 12.7. The second-order valence-electron chi connectivity index (χ2n) is 3.29. The topological polar surface area (TPSA) is 85.4 Å². The van der Waals surface area contributed by atoms with Crippen LogP contribution in [0, 0.1) is 0 Å². The number of rotatable bonds is 4. The summed E-state index contributed by atoms with van der Waals surface area (Å²) >= 11 is 0.265. The quantitative estimate of drug-likeness (QED) is 0.854. The summed E-state index contributed by atoms with van der Waals surface area (Å²) in [5.41, 5.74) is -1.47. The van der Waals surface area contributed by atoms with Crippen LogP contribution in [0.4, 0.5) is 18.3 Å². The molecule has 0 saturated carbocycles. The number of carbonyl (C=O) groups is 1. The monoisotopic (exact) mass is 318 g/mol. The van der Waals surface area contributed by atoms with Crippen LogP contribution in [0.2, 0.25) is 0 Å². The van der Waals surface area contributed by atoms with Gasteiger partial charge < -0.3 is 4.74 Å². The fourth-order valence-electron chi connectivity index (χ4n) is 1.05. The van der Waals surface area contributed by atoms with Crippen molar-refractivity contribution in [1.82, 2.24) is 4.98 Å². The third kappa shape index (κ3) is 4.35. The van der Waals surface area contributed by atoms with E-state index in [1.165, 1.54) is 6.92 Å². The average Bonchev–Trinajstić information content (AvgIpc) is 2.58. The molecule has 1 aromatic rings. The van der Waals surface area contributed by atoms with Crippen molar-refractivity contribution < 1.29 is 31.1 Å². The Labute approximate surface area is 110 Å². The highest BCUT2D eigenvalue weighted by Gasteiger charge is 2.40. The van der Waals surface area contributed by atoms with E-state index >= 15 is 0 Å². The number of sulfonamides is 1. The highest BCUT2D eigenvalue weighted by atomic mass is 32.2. The predicted molar refractivity (Wildman–Crippen MR) is 61.5 cm³/mol. The van der Waals surface area contributed by atoms with Crippen molar-refractivity contribution in [1.29, 1.82) is 0 Å². The third-order valence-electron chi connectivity index (χ3n) is 1.63. The summed E-state index contributed by atoms with van der Waals surface area (Å²) in [5, 5.41) is -0.544. The van der Waals surface area contributed by atoms with E-state index in [1.54, 1.807) is 4.72 Å². The lowest BCUT2D eigenvalue weighted by molar-refractivity contribution is -0.141. The van der Waals surface area contributed by atoms with Crippen molar-refractivity contribution in [3.63, 3.8) is 0 Å². The summed E-state index contributed by atoms with van der Waals surface area (Å²) in [6, 6.07) is 0. The Morgan fingerprint density at radius 1 is 1.47 bits per heavy atom. The highest BCUT2D eigenvalue weighted by Crippen LogP contribution is 2.36. The number of ether oxygens (including phenoxy) is 1. The van der Waals surface area contributed by atoms with Gasteiger partial charge in [0, 0.05) is 0 Å². The number of hydrogen-bond donors (Lipinski definition) is 1. The first-order chi connectivity index (χ1) is 8.54. The van der Waals surface area contributed by atoms with Gasteiger partial charge in [0.25, 0.3) is 0 Å². The number of halogens is 3. The van der Waals surface area contributed by atoms with E-state index in [1.807, 2.05) is 0 Å². The molecule has 0 aliphatic rings. The van der Waals surface area contributed by atoms with Gasteiger partial charge in [0.05, 0.1) is 12.9 Å². The Bertz CT molecular complexity index is 579. The third-order valence-corrected chi connectivity index (χ3v) is 3.27. The number of hydrogen-bond acceptors (Lipinski definition) is 6. The van der Waals surface area contributed by atoms with Crippen LogP contribution in [0.5, 0.6) is 0 Å². The van der Waals surface area contributed by atoms with Gasteiger partial charge in [0.1, 0.15) is 4.88 Å². The molecule has 108 valence electrons. The van der Waals surface area contributed by atoms with Gasteiger partial charge in [-0.05, 0) is 6.92 Å². The van der Waals surface area contributed by atoms with Crippen molar-refractivity contribution >= 4 is 32.5 Å². The van der Waals surface area contributed by atoms with Crippen molar-refractivity contribution in [2.24, 2.45) is 0 Å². The molecule has 0 fully saturated rings. The number of nitrogens with one attached hydrogen (secondary N) is 1. The molecule has 1 aromatic heterocycles. The minimum absolute atomic E-state index is 0.108. The van der Waals surface area contributed by atoms with Crippen LogP contribution in [0.1, 0.15) is 22.3 Å². The summed E-state index contributed by atoms with van der Waals surface area (Å²) in [4.78, 5) is 13.6. The van der Waals surface area contributed by atoms with E-state index in [-0.39, 0.29) is 17.9 Å². The second-order valence-corrected chi connectivity index (χ2v) is 6.04. The van der Waals surface area contributed by atoms with Gasteiger partial charge in [-0.1, -0.05) is 11.3 Å². The molecular weight excluding hydrogens is 309 g/mol. The molecule has 0 spiro atoms. The van der Waals surface area contributed by atoms with Gasteiger partial charge in [0.15, 0.2) is 10.8 Å². The van der Waals surface area contributed by atoms with E-state index in [0.717, 1.165) is 6.26 Å². The van der Waals surface area contributed by atoms with Crippen LogP contribution in [0.15, 0.2) is 0 Å². The van der Waals surface area contributed by atoms with Crippen molar-refractivity contribution in [2.75, 3.05) is 17.6 Å². The zero-order valence-corrected chi connectivity index (χ0v) is 11.4. The number of aromatic nitrogens is 1. The molecule has 0 bridgehead atoms. The number of thiazole rings is 1. The summed E-state index contributed by atoms with van der Waals surface area (Å²) in [7, 11) is -3.79. The smallest absolute Gasteiger partial charge is 0.435 e. The molecule has 1 N–H and O–H groups in total. The molecule has 1 heterocycles. The van der Waals surface area contributed by atoms with E-state index in [2.05, 4.69) is 9.72 Å². The number of carbonyl (C=O) groups excluding carboxylic acids is 1. The van der Waals surface area contributed by atoms with E-state index in [9.17, 15) is 26.4 Å². The SMILES string of the molecule is CCOC(=O)c1sc(NS(C)(=O)=O)nc1C(F)(F)F. The first kappa shape index (κ1) is 15.7. The predicted octanol–water partition coefficient (Wildman–Crippen LogP) is 1.71. The van der Waals surface area contributed by atoms with Gasteiger partial charge in [-0.25, -0.2) is 18.2 Å². The Morgan fingerprint density at radius 3 is 2.47 bits per heavy atom. The minimum Gasteiger partial charge on any atom is -0.462 e. The molecule has 0 aliphatic carbocycles. The van der Waals surface area contributed by atoms with Crippen molar-refractivity contribution in [2.45, 2.75) is 13.1 Å². The maximum absolute atomic E-state index is 12.7. The molecule has 0 saturated heterocycles. The van der Waals surface area contributed by atoms with Crippen LogP contribution in [-0.4, -0.2) is 32.2 Å². The Balaban J connectivity index is 3.24.